The minimum atomic E-state index is -0.727. The number of likely N-dealkylation sites (tertiary alicyclic amines) is 3. The zero-order valence-corrected chi connectivity index (χ0v) is 16.9. The van der Waals surface area contributed by atoms with Gasteiger partial charge in [-0.3, -0.25) is 14.5 Å². The Morgan fingerprint density at radius 3 is 2.70 bits per heavy atom. The molecule has 3 saturated heterocycles. The molecule has 2 bridgehead atoms. The van der Waals surface area contributed by atoms with Gasteiger partial charge in [0.25, 0.3) is 0 Å². The Hall–Kier alpha value is -2.50. The van der Waals surface area contributed by atoms with Gasteiger partial charge in [0.2, 0.25) is 11.8 Å². The molecule has 0 spiro atoms. The third-order valence-electron chi connectivity index (χ3n) is 7.34. The van der Waals surface area contributed by atoms with Gasteiger partial charge >= 0.3 is 0 Å². The maximum absolute atomic E-state index is 13.2. The molecule has 1 unspecified atom stereocenters. The van der Waals surface area contributed by atoms with E-state index in [0.29, 0.717) is 19.0 Å². The van der Waals surface area contributed by atoms with E-state index in [9.17, 15) is 19.2 Å². The van der Waals surface area contributed by atoms with Crippen LogP contribution in [0.2, 0.25) is 0 Å². The number of nitriles is 1. The van der Waals surface area contributed by atoms with E-state index < -0.39 is 6.04 Å². The van der Waals surface area contributed by atoms with Crippen LogP contribution in [0.3, 0.4) is 0 Å². The lowest BCUT2D eigenvalue weighted by molar-refractivity contribution is -0.141. The average molecular weight is 411 g/mol. The molecule has 3 heterocycles. The van der Waals surface area contributed by atoms with Gasteiger partial charge in [0, 0.05) is 25.2 Å². The van der Waals surface area contributed by atoms with Crippen molar-refractivity contribution in [3.8, 4) is 6.07 Å². The van der Waals surface area contributed by atoms with Crippen LogP contribution in [0.25, 0.3) is 0 Å². The SMILES string of the molecule is C[C@@H](c1ccc(F)cc1)N1C(=O)[C@H]2CC1CN2C[C@H](N)C(=O)N1[C@H](C#N)C[C@@H]2C[C@@H]21. The largest absolute Gasteiger partial charge is 0.330 e. The van der Waals surface area contributed by atoms with Crippen molar-refractivity contribution in [1.29, 1.82) is 5.26 Å². The predicted octanol–water partition coefficient (Wildman–Crippen LogP) is 1.01. The lowest BCUT2D eigenvalue weighted by atomic mass is 10.1. The molecule has 0 aromatic heterocycles. The summed E-state index contributed by atoms with van der Waals surface area (Å²) in [6.07, 6.45) is 2.45. The molecule has 0 radical (unpaired) electrons. The van der Waals surface area contributed by atoms with E-state index in [2.05, 4.69) is 6.07 Å². The molecule has 8 heteroatoms. The standard InChI is InChI=1S/C22H26FN5O2/c1-12(13-2-4-15(23)5-3-13)27-17-8-20(22(27)30)26(10-17)11-18(25)21(29)28-16(9-24)6-14-7-19(14)28/h2-5,12,14,16-20H,6-8,10-11,25H2,1H3/t12-,14+,16-,17?,18-,19-,20+/m0/s1. The summed E-state index contributed by atoms with van der Waals surface area (Å²) in [5.74, 6) is 0.0373. The minimum absolute atomic E-state index is 0.0426. The number of hydrogen-bond donors (Lipinski definition) is 1. The first-order valence-corrected chi connectivity index (χ1v) is 10.7. The number of benzene rings is 1. The molecule has 7 nitrogen and oxygen atoms in total. The molecule has 2 amide bonds. The maximum Gasteiger partial charge on any atom is 0.242 e. The first-order valence-electron chi connectivity index (χ1n) is 10.7. The molecule has 4 fully saturated rings. The number of nitrogens with zero attached hydrogens (tertiary/aromatic N) is 4. The summed E-state index contributed by atoms with van der Waals surface area (Å²) >= 11 is 0. The highest BCUT2D eigenvalue weighted by Gasteiger charge is 2.56. The Kier molecular flexibility index (Phi) is 4.56. The molecule has 4 aliphatic rings. The van der Waals surface area contributed by atoms with E-state index in [1.807, 2.05) is 16.7 Å². The van der Waals surface area contributed by atoms with E-state index in [1.54, 1.807) is 17.0 Å². The number of fused-ring (bicyclic) bond motifs is 3. The molecule has 30 heavy (non-hydrogen) atoms. The Labute approximate surface area is 175 Å². The number of piperazine rings is 1. The van der Waals surface area contributed by atoms with Gasteiger partial charge in [-0.1, -0.05) is 12.1 Å². The Morgan fingerprint density at radius 1 is 1.30 bits per heavy atom. The highest BCUT2D eigenvalue weighted by molar-refractivity contribution is 5.87. The smallest absolute Gasteiger partial charge is 0.242 e. The molecule has 1 aromatic rings. The lowest BCUT2D eigenvalue weighted by Crippen LogP contribution is -2.57. The van der Waals surface area contributed by atoms with Gasteiger partial charge in [-0.25, -0.2) is 4.39 Å². The van der Waals surface area contributed by atoms with Gasteiger partial charge in [0.15, 0.2) is 0 Å². The van der Waals surface area contributed by atoms with E-state index >= 15 is 0 Å². The number of nitrogens with two attached hydrogens (primary N) is 1. The van der Waals surface area contributed by atoms with Gasteiger partial charge in [-0.05, 0) is 49.8 Å². The van der Waals surface area contributed by atoms with Crippen molar-refractivity contribution in [1.82, 2.24) is 14.7 Å². The summed E-state index contributed by atoms with van der Waals surface area (Å²) < 4.78 is 13.2. The number of carbonyl (C=O) groups excluding carboxylic acids is 2. The molecule has 7 atom stereocenters. The summed E-state index contributed by atoms with van der Waals surface area (Å²) in [4.78, 5) is 31.6. The van der Waals surface area contributed by atoms with Gasteiger partial charge in [-0.2, -0.15) is 5.26 Å². The zero-order valence-electron chi connectivity index (χ0n) is 16.9. The van der Waals surface area contributed by atoms with Crippen molar-refractivity contribution >= 4 is 11.8 Å². The van der Waals surface area contributed by atoms with E-state index in [0.717, 1.165) is 24.8 Å². The van der Waals surface area contributed by atoms with Crippen LogP contribution < -0.4 is 5.73 Å². The first kappa shape index (κ1) is 19.5. The second kappa shape index (κ2) is 7.03. The quantitative estimate of drug-likeness (QED) is 0.781. The minimum Gasteiger partial charge on any atom is -0.330 e. The fraction of sp³-hybridized carbons (Fsp3) is 0.591. The average Bonchev–Trinajstić information content (AvgIpc) is 3.07. The Morgan fingerprint density at radius 2 is 2.03 bits per heavy atom. The number of carbonyl (C=O) groups is 2. The van der Waals surface area contributed by atoms with Crippen LogP contribution in [0, 0.1) is 23.1 Å². The Balaban J connectivity index is 1.23. The fourth-order valence-corrected chi connectivity index (χ4v) is 5.71. The molecule has 5 rings (SSSR count). The molecule has 1 aromatic carbocycles. The monoisotopic (exact) mass is 411 g/mol. The molecular weight excluding hydrogens is 385 g/mol. The summed E-state index contributed by atoms with van der Waals surface area (Å²) in [6, 6.07) is 7.26. The van der Waals surface area contributed by atoms with E-state index in [1.165, 1.54) is 12.1 Å². The topological polar surface area (TPSA) is 93.7 Å². The van der Waals surface area contributed by atoms with Crippen LogP contribution in [0.1, 0.15) is 37.8 Å². The van der Waals surface area contributed by atoms with Gasteiger partial charge in [-0.15, -0.1) is 0 Å². The van der Waals surface area contributed by atoms with Crippen LogP contribution >= 0.6 is 0 Å². The van der Waals surface area contributed by atoms with Crippen LogP contribution in [0.4, 0.5) is 4.39 Å². The van der Waals surface area contributed by atoms with Gasteiger partial charge in [0.05, 0.1) is 24.2 Å². The summed E-state index contributed by atoms with van der Waals surface area (Å²) in [7, 11) is 0. The molecular formula is C22H26FN5O2. The highest BCUT2D eigenvalue weighted by atomic mass is 19.1. The van der Waals surface area contributed by atoms with Gasteiger partial charge in [0.1, 0.15) is 11.9 Å². The molecule has 3 aliphatic heterocycles. The third-order valence-corrected chi connectivity index (χ3v) is 7.34. The van der Waals surface area contributed by atoms with Crippen molar-refractivity contribution in [2.45, 2.75) is 62.4 Å². The highest BCUT2D eigenvalue weighted by Crippen LogP contribution is 2.48. The van der Waals surface area contributed by atoms with Crippen molar-refractivity contribution in [2.75, 3.05) is 13.1 Å². The van der Waals surface area contributed by atoms with Crippen molar-refractivity contribution in [3.05, 3.63) is 35.6 Å². The zero-order chi connectivity index (χ0) is 21.2. The summed E-state index contributed by atoms with van der Waals surface area (Å²) in [5, 5.41) is 9.33. The second-order valence-electron chi connectivity index (χ2n) is 9.13. The summed E-state index contributed by atoms with van der Waals surface area (Å²) in [5.41, 5.74) is 7.16. The van der Waals surface area contributed by atoms with E-state index in [4.69, 9.17) is 5.73 Å². The fourth-order valence-electron chi connectivity index (χ4n) is 5.71. The predicted molar refractivity (Wildman–Crippen MR) is 106 cm³/mol. The normalized spacial score (nSPS) is 34.1. The molecule has 1 aliphatic carbocycles. The third kappa shape index (κ3) is 2.99. The van der Waals surface area contributed by atoms with Crippen LogP contribution in [0.15, 0.2) is 24.3 Å². The number of hydrogen-bond acceptors (Lipinski definition) is 5. The molecule has 2 N–H and O–H groups in total. The van der Waals surface area contributed by atoms with Crippen LogP contribution in [-0.2, 0) is 9.59 Å². The maximum atomic E-state index is 13.2. The van der Waals surface area contributed by atoms with Crippen molar-refractivity contribution in [3.63, 3.8) is 0 Å². The first-order chi connectivity index (χ1) is 14.4. The number of piperidine rings is 1. The second-order valence-corrected chi connectivity index (χ2v) is 9.13. The van der Waals surface area contributed by atoms with Crippen molar-refractivity contribution in [2.24, 2.45) is 11.7 Å². The number of rotatable bonds is 5. The van der Waals surface area contributed by atoms with Crippen LogP contribution in [-0.4, -0.2) is 69.8 Å². The van der Waals surface area contributed by atoms with Gasteiger partial charge < -0.3 is 15.5 Å². The molecule has 1 saturated carbocycles. The Bertz CT molecular complexity index is 915. The number of amides is 2. The van der Waals surface area contributed by atoms with Crippen molar-refractivity contribution < 1.29 is 14.0 Å². The molecule has 158 valence electrons. The summed E-state index contributed by atoms with van der Waals surface area (Å²) in [6.45, 7) is 2.97. The van der Waals surface area contributed by atoms with Crippen LogP contribution in [0.5, 0.6) is 0 Å². The number of halogens is 1. The lowest BCUT2D eigenvalue weighted by Gasteiger charge is -2.38. The van der Waals surface area contributed by atoms with E-state index in [-0.39, 0.29) is 47.8 Å².